The molecule has 8 heteroatoms. The van der Waals surface area contributed by atoms with Crippen LogP contribution in [0, 0.1) is 6.92 Å². The van der Waals surface area contributed by atoms with E-state index < -0.39 is 18.5 Å². The molecular weight excluding hydrogens is 400 g/mol. The van der Waals surface area contributed by atoms with Gasteiger partial charge < -0.3 is 24.3 Å². The number of fused-ring (bicyclic) bond motifs is 1. The summed E-state index contributed by atoms with van der Waals surface area (Å²) in [7, 11) is 4.58. The molecule has 0 atom stereocenters. The Bertz CT molecular complexity index is 1110. The second kappa shape index (κ2) is 9.80. The third-order valence-electron chi connectivity index (χ3n) is 4.66. The van der Waals surface area contributed by atoms with E-state index in [-0.39, 0.29) is 6.54 Å². The van der Waals surface area contributed by atoms with Crippen LogP contribution in [0.3, 0.4) is 0 Å². The standard InChI is InChI=1S/C23H24N2O6/c1-14-9-17(16-7-5-6-8-18(16)25-14)23(27)31-13-22(26)24-12-15-10-20(29-3)21(30-4)11-19(15)28-2/h5-11H,12-13H2,1-4H3,(H,24,26). The van der Waals surface area contributed by atoms with E-state index in [1.807, 2.05) is 18.2 Å². The van der Waals surface area contributed by atoms with Crippen LogP contribution in [0.15, 0.2) is 42.5 Å². The third kappa shape index (κ3) is 5.03. The van der Waals surface area contributed by atoms with Gasteiger partial charge in [-0.15, -0.1) is 0 Å². The van der Waals surface area contributed by atoms with Crippen molar-refractivity contribution < 1.29 is 28.5 Å². The first kappa shape index (κ1) is 21.9. The average molecular weight is 424 g/mol. The van der Waals surface area contributed by atoms with E-state index >= 15 is 0 Å². The van der Waals surface area contributed by atoms with Crippen LogP contribution in [-0.2, 0) is 16.1 Å². The van der Waals surface area contributed by atoms with Crippen molar-refractivity contribution in [2.75, 3.05) is 27.9 Å². The molecule has 0 aliphatic carbocycles. The van der Waals surface area contributed by atoms with Crippen molar-refractivity contribution in [2.45, 2.75) is 13.5 Å². The Labute approximate surface area is 180 Å². The van der Waals surface area contributed by atoms with E-state index in [1.165, 1.54) is 21.3 Å². The second-order valence-corrected chi connectivity index (χ2v) is 6.70. The summed E-state index contributed by atoms with van der Waals surface area (Å²) in [5.74, 6) is 0.539. The Hall–Kier alpha value is -3.81. The summed E-state index contributed by atoms with van der Waals surface area (Å²) in [5.41, 5.74) is 2.45. The maximum atomic E-state index is 12.6. The van der Waals surface area contributed by atoms with Gasteiger partial charge in [-0.3, -0.25) is 9.78 Å². The van der Waals surface area contributed by atoms with Crippen molar-refractivity contribution in [3.63, 3.8) is 0 Å². The minimum Gasteiger partial charge on any atom is -0.496 e. The highest BCUT2D eigenvalue weighted by Crippen LogP contribution is 2.34. The molecule has 8 nitrogen and oxygen atoms in total. The van der Waals surface area contributed by atoms with Crippen LogP contribution in [0.1, 0.15) is 21.6 Å². The number of aryl methyl sites for hydroxylation is 1. The Morgan fingerprint density at radius 2 is 1.61 bits per heavy atom. The summed E-state index contributed by atoms with van der Waals surface area (Å²) < 4.78 is 21.1. The number of amides is 1. The molecule has 1 heterocycles. The number of nitrogens with one attached hydrogen (secondary N) is 1. The number of hydrogen-bond acceptors (Lipinski definition) is 7. The molecule has 0 saturated carbocycles. The van der Waals surface area contributed by atoms with Crippen LogP contribution in [0.25, 0.3) is 10.9 Å². The lowest BCUT2D eigenvalue weighted by Gasteiger charge is -2.14. The number of benzene rings is 2. The highest BCUT2D eigenvalue weighted by molar-refractivity contribution is 6.04. The van der Waals surface area contributed by atoms with E-state index in [0.717, 1.165) is 0 Å². The number of para-hydroxylation sites is 1. The lowest BCUT2D eigenvalue weighted by Crippen LogP contribution is -2.28. The van der Waals surface area contributed by atoms with Gasteiger partial charge in [0.1, 0.15) is 5.75 Å². The normalized spacial score (nSPS) is 10.5. The quantitative estimate of drug-likeness (QED) is 0.555. The molecule has 0 saturated heterocycles. The fourth-order valence-electron chi connectivity index (χ4n) is 3.16. The summed E-state index contributed by atoms with van der Waals surface area (Å²) in [6.07, 6.45) is 0. The number of pyridine rings is 1. The van der Waals surface area contributed by atoms with Gasteiger partial charge in [0.25, 0.3) is 5.91 Å². The fraction of sp³-hybridized carbons (Fsp3) is 0.261. The van der Waals surface area contributed by atoms with Crippen LogP contribution in [0.5, 0.6) is 17.2 Å². The number of hydrogen-bond donors (Lipinski definition) is 1. The molecule has 0 aliphatic rings. The van der Waals surface area contributed by atoms with Gasteiger partial charge in [0.15, 0.2) is 18.1 Å². The Balaban J connectivity index is 1.64. The van der Waals surface area contributed by atoms with E-state index in [2.05, 4.69) is 10.3 Å². The van der Waals surface area contributed by atoms with E-state index in [1.54, 1.807) is 31.2 Å². The molecule has 1 N–H and O–H groups in total. The zero-order chi connectivity index (χ0) is 22.4. The van der Waals surface area contributed by atoms with Crippen molar-refractivity contribution >= 4 is 22.8 Å². The molecule has 162 valence electrons. The first-order valence-electron chi connectivity index (χ1n) is 9.56. The Morgan fingerprint density at radius 1 is 0.935 bits per heavy atom. The van der Waals surface area contributed by atoms with Crippen LogP contribution < -0.4 is 19.5 Å². The maximum absolute atomic E-state index is 12.6. The predicted molar refractivity (Wildman–Crippen MR) is 115 cm³/mol. The largest absolute Gasteiger partial charge is 0.496 e. The van der Waals surface area contributed by atoms with Gasteiger partial charge in [-0.2, -0.15) is 0 Å². The summed E-state index contributed by atoms with van der Waals surface area (Å²) in [4.78, 5) is 29.2. The van der Waals surface area contributed by atoms with Crippen molar-refractivity contribution in [3.8, 4) is 17.2 Å². The summed E-state index contributed by atoms with van der Waals surface area (Å²) in [6, 6.07) is 12.3. The highest BCUT2D eigenvalue weighted by atomic mass is 16.5. The van der Waals surface area contributed by atoms with Crippen LogP contribution in [0.2, 0.25) is 0 Å². The molecule has 0 bridgehead atoms. The van der Waals surface area contributed by atoms with Gasteiger partial charge in [0.05, 0.1) is 32.4 Å². The van der Waals surface area contributed by atoms with Crippen LogP contribution in [0.4, 0.5) is 0 Å². The molecule has 0 radical (unpaired) electrons. The Kier molecular flexibility index (Phi) is 6.92. The zero-order valence-corrected chi connectivity index (χ0v) is 17.9. The third-order valence-corrected chi connectivity index (χ3v) is 4.66. The van der Waals surface area contributed by atoms with Crippen molar-refractivity contribution in [2.24, 2.45) is 0 Å². The summed E-state index contributed by atoms with van der Waals surface area (Å²) in [6.45, 7) is 1.55. The molecule has 0 fully saturated rings. The van der Waals surface area contributed by atoms with Gasteiger partial charge in [-0.1, -0.05) is 18.2 Å². The molecule has 2 aromatic carbocycles. The van der Waals surface area contributed by atoms with E-state index in [9.17, 15) is 9.59 Å². The van der Waals surface area contributed by atoms with Crippen molar-refractivity contribution in [1.82, 2.24) is 10.3 Å². The molecule has 1 amide bonds. The number of esters is 1. The van der Waals surface area contributed by atoms with Gasteiger partial charge in [0.2, 0.25) is 0 Å². The first-order chi connectivity index (χ1) is 15.0. The molecule has 0 aliphatic heterocycles. The smallest absolute Gasteiger partial charge is 0.339 e. The van der Waals surface area contributed by atoms with Crippen LogP contribution in [-0.4, -0.2) is 44.8 Å². The van der Waals surface area contributed by atoms with Crippen molar-refractivity contribution in [3.05, 3.63) is 59.3 Å². The summed E-state index contributed by atoms with van der Waals surface area (Å²) >= 11 is 0. The SMILES string of the molecule is COc1cc(OC)c(OC)cc1CNC(=O)COC(=O)c1cc(C)nc2ccccc12. The molecule has 1 aromatic heterocycles. The molecule has 3 rings (SSSR count). The van der Waals surface area contributed by atoms with Gasteiger partial charge in [-0.05, 0) is 25.1 Å². The van der Waals surface area contributed by atoms with Gasteiger partial charge >= 0.3 is 5.97 Å². The molecule has 0 spiro atoms. The zero-order valence-electron chi connectivity index (χ0n) is 17.9. The number of methoxy groups -OCH3 is 3. The Morgan fingerprint density at radius 3 is 2.32 bits per heavy atom. The lowest BCUT2D eigenvalue weighted by molar-refractivity contribution is -0.124. The number of rotatable bonds is 8. The number of carbonyl (C=O) groups is 2. The average Bonchev–Trinajstić information content (AvgIpc) is 2.79. The van der Waals surface area contributed by atoms with Gasteiger partial charge in [-0.25, -0.2) is 4.79 Å². The van der Waals surface area contributed by atoms with E-state index in [4.69, 9.17) is 18.9 Å². The highest BCUT2D eigenvalue weighted by Gasteiger charge is 2.16. The monoisotopic (exact) mass is 424 g/mol. The van der Waals surface area contributed by atoms with Crippen LogP contribution >= 0.6 is 0 Å². The molecule has 0 unspecified atom stereocenters. The number of carbonyl (C=O) groups excluding carboxylic acids is 2. The topological polar surface area (TPSA) is 96.0 Å². The fourth-order valence-corrected chi connectivity index (χ4v) is 3.16. The van der Waals surface area contributed by atoms with E-state index in [0.29, 0.717) is 45.0 Å². The molecular formula is C23H24N2O6. The summed E-state index contributed by atoms with van der Waals surface area (Å²) in [5, 5.41) is 3.39. The minimum atomic E-state index is -0.583. The first-order valence-corrected chi connectivity index (χ1v) is 9.56. The second-order valence-electron chi connectivity index (χ2n) is 6.70. The maximum Gasteiger partial charge on any atom is 0.339 e. The minimum absolute atomic E-state index is 0.164. The molecule has 3 aromatic rings. The predicted octanol–water partition coefficient (Wildman–Crippen LogP) is 3.04. The lowest BCUT2D eigenvalue weighted by atomic mass is 10.1. The molecule has 31 heavy (non-hydrogen) atoms. The number of ether oxygens (including phenoxy) is 4. The van der Waals surface area contributed by atoms with Gasteiger partial charge in [0, 0.05) is 29.3 Å². The number of aromatic nitrogens is 1. The van der Waals surface area contributed by atoms with Crippen molar-refractivity contribution in [1.29, 1.82) is 0 Å². The number of nitrogens with zero attached hydrogens (tertiary/aromatic N) is 1.